The van der Waals surface area contributed by atoms with Crippen molar-refractivity contribution < 1.29 is 4.74 Å². The predicted molar refractivity (Wildman–Crippen MR) is 46.7 cm³/mol. The van der Waals surface area contributed by atoms with E-state index in [9.17, 15) is 0 Å². The molecule has 0 bridgehead atoms. The molecule has 0 radical (unpaired) electrons. The molecule has 1 aromatic rings. The molecule has 0 spiro atoms. The first kappa shape index (κ1) is 7.16. The monoisotopic (exact) mass is 162 g/mol. The second-order valence-corrected chi connectivity index (χ2v) is 2.81. The molecule has 3 N–H and O–H groups in total. The highest BCUT2D eigenvalue weighted by Gasteiger charge is 2.16. The van der Waals surface area contributed by atoms with Crippen molar-refractivity contribution in [3.05, 3.63) is 29.3 Å². The van der Waals surface area contributed by atoms with Gasteiger partial charge in [0.25, 0.3) is 0 Å². The van der Waals surface area contributed by atoms with Gasteiger partial charge in [-0.3, -0.25) is 5.41 Å². The van der Waals surface area contributed by atoms with E-state index in [1.165, 1.54) is 0 Å². The van der Waals surface area contributed by atoms with Crippen molar-refractivity contribution in [3.63, 3.8) is 0 Å². The molecule has 1 aliphatic heterocycles. The third-order valence-electron chi connectivity index (χ3n) is 2.00. The highest BCUT2D eigenvalue weighted by atomic mass is 16.5. The molecule has 1 heterocycles. The van der Waals surface area contributed by atoms with Crippen LogP contribution in [0.2, 0.25) is 0 Å². The van der Waals surface area contributed by atoms with Gasteiger partial charge in [0.1, 0.15) is 11.6 Å². The summed E-state index contributed by atoms with van der Waals surface area (Å²) in [6, 6.07) is 5.73. The first-order chi connectivity index (χ1) is 5.79. The van der Waals surface area contributed by atoms with E-state index >= 15 is 0 Å². The quantitative estimate of drug-likeness (QED) is 0.476. The van der Waals surface area contributed by atoms with E-state index in [1.807, 2.05) is 18.2 Å². The molecule has 1 aliphatic rings. The number of hydrogen-bond donors (Lipinski definition) is 2. The van der Waals surface area contributed by atoms with E-state index in [0.717, 1.165) is 17.7 Å². The topological polar surface area (TPSA) is 59.1 Å². The van der Waals surface area contributed by atoms with Crippen LogP contribution in [-0.4, -0.2) is 12.4 Å². The third kappa shape index (κ3) is 0.942. The highest BCUT2D eigenvalue weighted by molar-refractivity contribution is 5.98. The SMILES string of the molecule is N=C(N)c1cccc2c1OCC2. The number of fused-ring (bicyclic) bond motifs is 1. The standard InChI is InChI=1S/C9H10N2O/c10-9(11)7-3-1-2-6-4-5-12-8(6)7/h1-3H,4-5H2,(H3,10,11). The van der Waals surface area contributed by atoms with Crippen molar-refractivity contribution >= 4 is 5.84 Å². The number of amidine groups is 1. The van der Waals surface area contributed by atoms with Gasteiger partial charge in [-0.2, -0.15) is 0 Å². The second-order valence-electron chi connectivity index (χ2n) is 2.81. The maximum atomic E-state index is 7.30. The number of benzene rings is 1. The van der Waals surface area contributed by atoms with Gasteiger partial charge in [-0.1, -0.05) is 12.1 Å². The van der Waals surface area contributed by atoms with Gasteiger partial charge in [0.15, 0.2) is 0 Å². The number of nitrogens with one attached hydrogen (secondary N) is 1. The first-order valence-corrected chi connectivity index (χ1v) is 3.88. The lowest BCUT2D eigenvalue weighted by Crippen LogP contribution is -2.12. The highest BCUT2D eigenvalue weighted by Crippen LogP contribution is 2.28. The van der Waals surface area contributed by atoms with Crippen LogP contribution >= 0.6 is 0 Å². The van der Waals surface area contributed by atoms with Crippen LogP contribution in [0.5, 0.6) is 5.75 Å². The molecule has 0 saturated heterocycles. The lowest BCUT2D eigenvalue weighted by atomic mass is 10.1. The predicted octanol–water partition coefficient (Wildman–Crippen LogP) is 0.906. The van der Waals surface area contributed by atoms with Crippen molar-refractivity contribution in [2.45, 2.75) is 6.42 Å². The van der Waals surface area contributed by atoms with E-state index in [4.69, 9.17) is 15.9 Å². The molecular weight excluding hydrogens is 152 g/mol. The lowest BCUT2D eigenvalue weighted by Gasteiger charge is -2.04. The average Bonchev–Trinajstić information content (AvgIpc) is 2.49. The van der Waals surface area contributed by atoms with E-state index in [0.29, 0.717) is 12.2 Å². The molecule has 0 fully saturated rings. The molecule has 0 saturated carbocycles. The zero-order valence-corrected chi connectivity index (χ0v) is 6.63. The second kappa shape index (κ2) is 2.52. The number of para-hydroxylation sites is 1. The number of hydrogen-bond acceptors (Lipinski definition) is 2. The maximum absolute atomic E-state index is 7.30. The molecule has 62 valence electrons. The van der Waals surface area contributed by atoms with Gasteiger partial charge in [-0.05, 0) is 11.6 Å². The summed E-state index contributed by atoms with van der Waals surface area (Å²) in [5.41, 5.74) is 7.26. The van der Waals surface area contributed by atoms with Gasteiger partial charge < -0.3 is 10.5 Å². The molecule has 1 aromatic carbocycles. The fourth-order valence-electron chi connectivity index (χ4n) is 1.43. The van der Waals surface area contributed by atoms with Gasteiger partial charge in [-0.25, -0.2) is 0 Å². The van der Waals surface area contributed by atoms with E-state index in [1.54, 1.807) is 0 Å². The molecule has 0 atom stereocenters. The van der Waals surface area contributed by atoms with Crippen LogP contribution in [-0.2, 0) is 6.42 Å². The zero-order valence-electron chi connectivity index (χ0n) is 6.63. The summed E-state index contributed by atoms with van der Waals surface area (Å²) in [4.78, 5) is 0. The number of nitrogen functional groups attached to an aromatic ring is 1. The summed E-state index contributed by atoms with van der Waals surface area (Å²) in [6.45, 7) is 0.708. The molecule has 0 aromatic heterocycles. The minimum absolute atomic E-state index is 0.0775. The Kier molecular flexibility index (Phi) is 1.50. The summed E-state index contributed by atoms with van der Waals surface area (Å²) in [6.07, 6.45) is 0.927. The van der Waals surface area contributed by atoms with E-state index in [-0.39, 0.29) is 5.84 Å². The summed E-state index contributed by atoms with van der Waals surface area (Å²) in [7, 11) is 0. The Morgan fingerprint density at radius 1 is 1.50 bits per heavy atom. The summed E-state index contributed by atoms with van der Waals surface area (Å²) >= 11 is 0. The van der Waals surface area contributed by atoms with Gasteiger partial charge in [-0.15, -0.1) is 0 Å². The van der Waals surface area contributed by atoms with Crippen LogP contribution in [0.1, 0.15) is 11.1 Å². The largest absolute Gasteiger partial charge is 0.492 e. The van der Waals surface area contributed by atoms with Crippen LogP contribution < -0.4 is 10.5 Å². The number of rotatable bonds is 1. The molecule has 3 heteroatoms. The summed E-state index contributed by atoms with van der Waals surface area (Å²) in [5.74, 6) is 0.874. The van der Waals surface area contributed by atoms with Crippen molar-refractivity contribution in [1.29, 1.82) is 5.41 Å². The molecular formula is C9H10N2O. The van der Waals surface area contributed by atoms with Crippen molar-refractivity contribution in [2.24, 2.45) is 5.73 Å². The van der Waals surface area contributed by atoms with Crippen LogP contribution in [0.3, 0.4) is 0 Å². The van der Waals surface area contributed by atoms with Crippen molar-refractivity contribution in [2.75, 3.05) is 6.61 Å². The minimum Gasteiger partial charge on any atom is -0.492 e. The molecule has 0 aliphatic carbocycles. The van der Waals surface area contributed by atoms with Crippen molar-refractivity contribution in [1.82, 2.24) is 0 Å². The smallest absolute Gasteiger partial charge is 0.133 e. The Labute approximate surface area is 70.7 Å². The van der Waals surface area contributed by atoms with Gasteiger partial charge in [0.2, 0.25) is 0 Å². The Hall–Kier alpha value is -1.51. The fourth-order valence-corrected chi connectivity index (χ4v) is 1.43. The van der Waals surface area contributed by atoms with Crippen LogP contribution in [0.15, 0.2) is 18.2 Å². The Balaban J connectivity index is 2.56. The number of nitrogens with two attached hydrogens (primary N) is 1. The van der Waals surface area contributed by atoms with Crippen molar-refractivity contribution in [3.8, 4) is 5.75 Å². The molecule has 2 rings (SSSR count). The molecule has 3 nitrogen and oxygen atoms in total. The lowest BCUT2D eigenvalue weighted by molar-refractivity contribution is 0.356. The Bertz CT molecular complexity index is 333. The summed E-state index contributed by atoms with van der Waals surface area (Å²) < 4.78 is 5.37. The van der Waals surface area contributed by atoms with Crippen LogP contribution in [0, 0.1) is 5.41 Å². The molecule has 12 heavy (non-hydrogen) atoms. The Morgan fingerprint density at radius 3 is 3.08 bits per heavy atom. The molecule has 0 unspecified atom stereocenters. The van der Waals surface area contributed by atoms with Gasteiger partial charge in [0, 0.05) is 6.42 Å². The first-order valence-electron chi connectivity index (χ1n) is 3.88. The fraction of sp³-hybridized carbons (Fsp3) is 0.222. The third-order valence-corrected chi connectivity index (χ3v) is 2.00. The average molecular weight is 162 g/mol. The van der Waals surface area contributed by atoms with Gasteiger partial charge in [0.05, 0.1) is 12.2 Å². The normalized spacial score (nSPS) is 13.7. The van der Waals surface area contributed by atoms with Crippen LogP contribution in [0.25, 0.3) is 0 Å². The van der Waals surface area contributed by atoms with E-state index < -0.39 is 0 Å². The Morgan fingerprint density at radius 2 is 2.33 bits per heavy atom. The summed E-state index contributed by atoms with van der Waals surface area (Å²) in [5, 5.41) is 7.30. The van der Waals surface area contributed by atoms with E-state index in [2.05, 4.69) is 0 Å². The maximum Gasteiger partial charge on any atom is 0.133 e. The minimum atomic E-state index is 0.0775. The van der Waals surface area contributed by atoms with Gasteiger partial charge >= 0.3 is 0 Å². The molecule has 0 amide bonds. The van der Waals surface area contributed by atoms with Crippen LogP contribution in [0.4, 0.5) is 0 Å². The number of ether oxygens (including phenoxy) is 1. The zero-order chi connectivity index (χ0) is 8.55.